The molecule has 1 spiro atoms. The summed E-state index contributed by atoms with van der Waals surface area (Å²) < 4.78 is 21.0. The molecule has 4 heterocycles. The normalized spacial score (nSPS) is 20.5. The minimum atomic E-state index is -1.22. The Labute approximate surface area is 219 Å². The summed E-state index contributed by atoms with van der Waals surface area (Å²) in [7, 11) is 0. The Morgan fingerprint density at radius 1 is 1.19 bits per heavy atom. The van der Waals surface area contributed by atoms with Gasteiger partial charge in [0.1, 0.15) is 18.1 Å². The summed E-state index contributed by atoms with van der Waals surface area (Å²) in [4.78, 5) is 25.7. The van der Waals surface area contributed by atoms with E-state index in [1.165, 1.54) is 0 Å². The van der Waals surface area contributed by atoms with Crippen molar-refractivity contribution >= 4 is 23.6 Å². The summed E-state index contributed by atoms with van der Waals surface area (Å²) in [6.45, 7) is 6.35. The molecule has 194 valence electrons. The number of anilines is 1. The van der Waals surface area contributed by atoms with Crippen LogP contribution < -0.4 is 4.90 Å². The third kappa shape index (κ3) is 4.11. The number of hydrogen-bond acceptors (Lipinski definition) is 7. The molecule has 1 unspecified atom stereocenters. The molecule has 6 rings (SSSR count). The Balaban J connectivity index is 1.28. The second kappa shape index (κ2) is 8.65. The Morgan fingerprint density at radius 3 is 2.59 bits per heavy atom. The molecular formula is C26H29ClFN7O2. The van der Waals surface area contributed by atoms with E-state index in [1.807, 2.05) is 31.2 Å². The number of halogens is 2. The monoisotopic (exact) mass is 525 g/mol. The lowest BCUT2D eigenvalue weighted by Gasteiger charge is -2.58. The molecule has 2 aliphatic heterocycles. The highest BCUT2D eigenvalue weighted by Gasteiger charge is 2.55. The van der Waals surface area contributed by atoms with Gasteiger partial charge in [0.05, 0.1) is 18.3 Å². The maximum atomic E-state index is 13.4. The van der Waals surface area contributed by atoms with Gasteiger partial charge in [-0.05, 0) is 63.4 Å². The highest BCUT2D eigenvalue weighted by Crippen LogP contribution is 2.56. The molecule has 2 aromatic heterocycles. The zero-order valence-corrected chi connectivity index (χ0v) is 21.8. The molecule has 11 heteroatoms. The molecule has 0 radical (unpaired) electrons. The van der Waals surface area contributed by atoms with Gasteiger partial charge >= 0.3 is 6.09 Å². The SMILES string of the molecule is CC1c2nnc(C3CC4(C3)CN(c3ncccn3)C4)n2-c2ccc(Cl)cc2CN1C(=O)OC(C)(C)CF. The number of aromatic nitrogens is 5. The second-order valence-electron chi connectivity index (χ2n) is 11.1. The zero-order valence-electron chi connectivity index (χ0n) is 21.1. The summed E-state index contributed by atoms with van der Waals surface area (Å²) in [5, 5.41) is 9.74. The molecule has 9 nitrogen and oxygen atoms in total. The van der Waals surface area contributed by atoms with Crippen molar-refractivity contribution in [1.82, 2.24) is 29.6 Å². The number of nitrogens with zero attached hydrogens (tertiary/aromatic N) is 7. The number of alkyl halides is 1. The van der Waals surface area contributed by atoms with Crippen LogP contribution in [0.2, 0.25) is 5.02 Å². The average molecular weight is 526 g/mol. The van der Waals surface area contributed by atoms with Gasteiger partial charge in [-0.15, -0.1) is 10.2 Å². The first-order valence-corrected chi connectivity index (χ1v) is 12.9. The van der Waals surface area contributed by atoms with E-state index in [1.54, 1.807) is 31.1 Å². The Morgan fingerprint density at radius 2 is 1.89 bits per heavy atom. The van der Waals surface area contributed by atoms with Gasteiger partial charge in [0.15, 0.2) is 5.82 Å². The van der Waals surface area contributed by atoms with Gasteiger partial charge in [-0.1, -0.05) is 11.6 Å². The van der Waals surface area contributed by atoms with Crippen LogP contribution in [0, 0.1) is 5.41 Å². The fourth-order valence-corrected chi connectivity index (χ4v) is 5.97. The van der Waals surface area contributed by atoms with Gasteiger partial charge in [-0.3, -0.25) is 9.47 Å². The molecule has 37 heavy (non-hydrogen) atoms. The van der Waals surface area contributed by atoms with Crippen molar-refractivity contribution in [3.05, 3.63) is 58.9 Å². The van der Waals surface area contributed by atoms with Crippen LogP contribution in [-0.4, -0.2) is 61.1 Å². The summed E-state index contributed by atoms with van der Waals surface area (Å²) in [5.74, 6) is 2.57. The Hall–Kier alpha value is -3.27. The summed E-state index contributed by atoms with van der Waals surface area (Å²) in [6, 6.07) is 7.04. The van der Waals surface area contributed by atoms with Crippen molar-refractivity contribution in [1.29, 1.82) is 0 Å². The first-order chi connectivity index (χ1) is 17.7. The van der Waals surface area contributed by atoms with E-state index in [9.17, 15) is 9.18 Å². The smallest absolute Gasteiger partial charge is 0.411 e. The van der Waals surface area contributed by atoms with Crippen molar-refractivity contribution in [2.75, 3.05) is 24.7 Å². The van der Waals surface area contributed by atoms with E-state index in [2.05, 4.69) is 29.6 Å². The van der Waals surface area contributed by atoms with E-state index in [0.717, 1.165) is 49.0 Å². The summed E-state index contributed by atoms with van der Waals surface area (Å²) in [5.41, 5.74) is 0.781. The summed E-state index contributed by atoms with van der Waals surface area (Å²) in [6.07, 6.45) is 4.94. The third-order valence-corrected chi connectivity index (χ3v) is 7.94. The predicted molar refractivity (Wildman–Crippen MR) is 136 cm³/mol. The highest BCUT2D eigenvalue weighted by atomic mass is 35.5. The molecule has 1 aromatic carbocycles. The topological polar surface area (TPSA) is 89.3 Å². The number of carbonyl (C=O) groups is 1. The number of fused-ring (bicyclic) bond motifs is 3. The minimum absolute atomic E-state index is 0.239. The molecule has 3 aliphatic rings. The number of benzene rings is 1. The van der Waals surface area contributed by atoms with E-state index in [-0.39, 0.29) is 17.9 Å². The minimum Gasteiger partial charge on any atom is -0.441 e. The van der Waals surface area contributed by atoms with Gasteiger partial charge in [0.25, 0.3) is 0 Å². The predicted octanol–water partition coefficient (Wildman–Crippen LogP) is 4.86. The second-order valence-corrected chi connectivity index (χ2v) is 11.5. The molecule has 1 aliphatic carbocycles. The van der Waals surface area contributed by atoms with E-state index in [4.69, 9.17) is 16.3 Å². The fourth-order valence-electron chi connectivity index (χ4n) is 5.78. The van der Waals surface area contributed by atoms with Crippen LogP contribution in [-0.2, 0) is 11.3 Å². The number of amides is 1. The van der Waals surface area contributed by atoms with Crippen LogP contribution >= 0.6 is 11.6 Å². The molecular weight excluding hydrogens is 497 g/mol. The Kier molecular flexibility index (Phi) is 5.63. The van der Waals surface area contributed by atoms with Crippen LogP contribution in [0.3, 0.4) is 0 Å². The van der Waals surface area contributed by atoms with Crippen molar-refractivity contribution in [2.24, 2.45) is 5.41 Å². The molecule has 1 amide bonds. The van der Waals surface area contributed by atoms with Crippen LogP contribution in [0.4, 0.5) is 15.1 Å². The van der Waals surface area contributed by atoms with Crippen molar-refractivity contribution in [3.8, 4) is 5.69 Å². The largest absolute Gasteiger partial charge is 0.441 e. The molecule has 0 bridgehead atoms. The van der Waals surface area contributed by atoms with E-state index < -0.39 is 24.4 Å². The number of ether oxygens (including phenoxy) is 1. The van der Waals surface area contributed by atoms with Crippen molar-refractivity contribution in [3.63, 3.8) is 0 Å². The summed E-state index contributed by atoms with van der Waals surface area (Å²) >= 11 is 6.35. The molecule has 1 atom stereocenters. The maximum Gasteiger partial charge on any atom is 0.411 e. The highest BCUT2D eigenvalue weighted by molar-refractivity contribution is 6.30. The first kappa shape index (κ1) is 24.1. The standard InChI is InChI=1S/C26H29ClFN7O2/c1-16-21-31-32-22(18-10-26(11-18)14-33(15-26)23-29-7-4-8-30-23)35(21)20-6-5-19(27)9-17(20)12-34(16)24(36)37-25(2,3)13-28/h4-9,16,18H,10-15H2,1-3H3. The van der Waals surface area contributed by atoms with Gasteiger partial charge in [-0.25, -0.2) is 19.2 Å². The lowest BCUT2D eigenvalue weighted by Crippen LogP contribution is -2.62. The van der Waals surface area contributed by atoms with Crippen LogP contribution in [0.5, 0.6) is 0 Å². The fraction of sp³-hybridized carbons (Fsp3) is 0.500. The first-order valence-electron chi connectivity index (χ1n) is 12.5. The van der Waals surface area contributed by atoms with Crippen LogP contribution in [0.25, 0.3) is 5.69 Å². The van der Waals surface area contributed by atoms with Crippen LogP contribution in [0.15, 0.2) is 36.7 Å². The van der Waals surface area contributed by atoms with Gasteiger partial charge in [0, 0.05) is 41.8 Å². The van der Waals surface area contributed by atoms with Gasteiger partial charge < -0.3 is 9.64 Å². The molecule has 3 aromatic rings. The van der Waals surface area contributed by atoms with E-state index >= 15 is 0 Å². The lowest BCUT2D eigenvalue weighted by atomic mass is 9.57. The average Bonchev–Trinajstić information content (AvgIpc) is 3.20. The molecule has 1 saturated heterocycles. The van der Waals surface area contributed by atoms with Gasteiger partial charge in [0.2, 0.25) is 5.95 Å². The van der Waals surface area contributed by atoms with Crippen molar-refractivity contribution < 1.29 is 13.9 Å². The Bertz CT molecular complexity index is 1330. The van der Waals surface area contributed by atoms with E-state index in [0.29, 0.717) is 10.8 Å². The zero-order chi connectivity index (χ0) is 25.9. The number of carbonyl (C=O) groups excluding carboxylic acids is 1. The molecule has 2 fully saturated rings. The maximum absolute atomic E-state index is 13.4. The van der Waals surface area contributed by atoms with Crippen molar-refractivity contribution in [2.45, 2.75) is 57.7 Å². The van der Waals surface area contributed by atoms with Crippen LogP contribution in [0.1, 0.15) is 62.8 Å². The third-order valence-electron chi connectivity index (χ3n) is 7.71. The number of hydrogen-bond donors (Lipinski definition) is 0. The molecule has 0 N–H and O–H groups in total. The molecule has 1 saturated carbocycles. The number of rotatable bonds is 4. The lowest BCUT2D eigenvalue weighted by molar-refractivity contribution is -0.00874. The van der Waals surface area contributed by atoms with Gasteiger partial charge in [-0.2, -0.15) is 0 Å². The quantitative estimate of drug-likeness (QED) is 0.480.